The average Bonchev–Trinajstić information content (AvgIpc) is 1.86. The second kappa shape index (κ2) is 5.17. The molecule has 6 heteroatoms. The van der Waals surface area contributed by atoms with Gasteiger partial charge in [-0.15, -0.1) is 11.5 Å². The molecule has 0 saturated heterocycles. The van der Waals surface area contributed by atoms with Crippen LogP contribution in [0.25, 0.3) is 0 Å². The van der Waals surface area contributed by atoms with E-state index in [0.717, 1.165) is 6.08 Å². The van der Waals surface area contributed by atoms with Crippen molar-refractivity contribution in [2.45, 2.75) is 25.4 Å². The van der Waals surface area contributed by atoms with E-state index in [2.05, 4.69) is 0 Å². The Morgan fingerprint density at radius 2 is 2.00 bits per heavy atom. The van der Waals surface area contributed by atoms with Crippen LogP contribution < -0.4 is 51.4 Å². The maximum Gasteiger partial charge on any atom is 1.00 e. The van der Waals surface area contributed by atoms with Gasteiger partial charge in [-0.3, -0.25) is 0 Å². The van der Waals surface area contributed by atoms with Crippen LogP contribution in [-0.2, 0) is 0 Å². The summed E-state index contributed by atoms with van der Waals surface area (Å²) < 4.78 is 36.1. The largest absolute Gasteiger partial charge is 1.00 e. The summed E-state index contributed by atoms with van der Waals surface area (Å²) in [4.78, 5) is 0. The Bertz CT molecular complexity index is 180. The molecule has 1 nitrogen and oxygen atoms in total. The molecule has 1 unspecified atom stereocenters. The summed E-state index contributed by atoms with van der Waals surface area (Å²) in [5.74, 6) is 0. The van der Waals surface area contributed by atoms with Crippen molar-refractivity contribution in [2.24, 2.45) is 0 Å². The topological polar surface area (TPSA) is 20.2 Å². The molecule has 0 bridgehead atoms. The van der Waals surface area contributed by atoms with Gasteiger partial charge in [0.25, 0.3) is 0 Å². The van der Waals surface area contributed by atoms with E-state index in [0.29, 0.717) is 12.8 Å². The third kappa shape index (κ3) is 3.51. The van der Waals surface area contributed by atoms with E-state index in [4.69, 9.17) is 5.11 Å². The zero-order valence-electron chi connectivity index (χ0n) is 6.93. The Labute approximate surface area is 112 Å². The first kappa shape index (κ1) is 13.2. The minimum atomic E-state index is -4.96. The van der Waals surface area contributed by atoms with Crippen LogP contribution in [0.15, 0.2) is 11.5 Å². The number of aliphatic hydroxyl groups excluding tert-OH is 1. The van der Waals surface area contributed by atoms with Crippen molar-refractivity contribution in [3.8, 4) is 0 Å². The molecule has 64 valence electrons. The molecule has 1 atom stereocenters. The predicted molar refractivity (Wildman–Crippen MR) is 37.0 cm³/mol. The molecule has 1 N–H and O–H groups in total. The van der Waals surface area contributed by atoms with E-state index in [9.17, 15) is 12.9 Å². The van der Waals surface area contributed by atoms with E-state index in [1.807, 2.05) is 0 Å². The van der Waals surface area contributed by atoms with Gasteiger partial charge in [0.05, 0.1) is 0 Å². The van der Waals surface area contributed by atoms with Gasteiger partial charge in [-0.2, -0.15) is 0 Å². The molecule has 1 aliphatic carbocycles. The van der Waals surface area contributed by atoms with Crippen LogP contribution in [0.1, 0.15) is 19.3 Å². The van der Waals surface area contributed by atoms with Gasteiger partial charge in [0.15, 0.2) is 0 Å². The molecule has 0 amide bonds. The summed E-state index contributed by atoms with van der Waals surface area (Å²) in [7, 11) is 0. The fraction of sp³-hybridized carbons (Fsp3) is 0.667. The van der Waals surface area contributed by atoms with Gasteiger partial charge in [0.1, 0.15) is 0 Å². The maximum atomic E-state index is 12.0. The zero-order chi connectivity index (χ0) is 8.48. The van der Waals surface area contributed by atoms with E-state index in [-0.39, 0.29) is 57.8 Å². The van der Waals surface area contributed by atoms with Crippen LogP contribution in [0.3, 0.4) is 0 Å². The monoisotopic (exact) mass is 204 g/mol. The normalized spacial score (nSPS) is 24.3. The maximum absolute atomic E-state index is 12.0. The minimum absolute atomic E-state index is 0. The van der Waals surface area contributed by atoms with Gasteiger partial charge in [-0.05, 0) is 19.3 Å². The summed E-state index contributed by atoms with van der Waals surface area (Å²) in [5, 5.41) is 8.93. The van der Waals surface area contributed by atoms with Crippen molar-refractivity contribution in [2.75, 3.05) is 0 Å². The number of rotatable bonds is 1. The fourth-order valence-corrected chi connectivity index (χ4v) is 1.23. The van der Waals surface area contributed by atoms with E-state index < -0.39 is 18.6 Å². The standard InChI is InChI=1S/C6H9BF3O.K/c8-7(9,10)5-3-1-2-4-6(5)11;/h3,6,11H,1-2,4H2;/q-1;+1. The molecule has 1 aliphatic rings. The van der Waals surface area contributed by atoms with E-state index >= 15 is 0 Å². The number of allylic oxidation sites excluding steroid dienone is 1. The van der Waals surface area contributed by atoms with Crippen LogP contribution >= 0.6 is 0 Å². The van der Waals surface area contributed by atoms with Crippen molar-refractivity contribution in [3.63, 3.8) is 0 Å². The molecule has 0 radical (unpaired) electrons. The molecule has 0 spiro atoms. The molecular formula is C6H9BF3KO. The first-order chi connectivity index (χ1) is 5.02. The van der Waals surface area contributed by atoms with Crippen LogP contribution in [0.2, 0.25) is 0 Å². The number of aliphatic hydroxyl groups is 1. The van der Waals surface area contributed by atoms with Crippen molar-refractivity contribution >= 4 is 6.98 Å². The van der Waals surface area contributed by atoms with E-state index in [1.165, 1.54) is 0 Å². The van der Waals surface area contributed by atoms with Crippen molar-refractivity contribution in [1.82, 2.24) is 0 Å². The number of hydrogen-bond donors (Lipinski definition) is 1. The Morgan fingerprint density at radius 1 is 1.42 bits per heavy atom. The fourth-order valence-electron chi connectivity index (χ4n) is 1.23. The van der Waals surface area contributed by atoms with Gasteiger partial charge in [0.2, 0.25) is 0 Å². The van der Waals surface area contributed by atoms with Gasteiger partial charge < -0.3 is 18.1 Å². The average molecular weight is 204 g/mol. The molecule has 0 aliphatic heterocycles. The van der Waals surface area contributed by atoms with Crippen molar-refractivity contribution < 1.29 is 69.4 Å². The van der Waals surface area contributed by atoms with Crippen molar-refractivity contribution in [1.29, 1.82) is 0 Å². The Kier molecular flexibility index (Phi) is 5.68. The van der Waals surface area contributed by atoms with Gasteiger partial charge in [-0.1, -0.05) is 0 Å². The molecular weight excluding hydrogens is 195 g/mol. The molecule has 0 aromatic rings. The summed E-state index contributed by atoms with van der Waals surface area (Å²) in [6.45, 7) is -4.96. The second-order valence-electron chi connectivity index (χ2n) is 2.73. The molecule has 0 aromatic carbocycles. The summed E-state index contributed by atoms with van der Waals surface area (Å²) >= 11 is 0. The first-order valence-corrected chi connectivity index (χ1v) is 3.60. The van der Waals surface area contributed by atoms with Crippen LogP contribution in [0.5, 0.6) is 0 Å². The SMILES string of the molecule is OC1CCCC=C1[B-](F)(F)F.[K+]. The summed E-state index contributed by atoms with van der Waals surface area (Å²) in [6, 6.07) is 0. The quantitative estimate of drug-likeness (QED) is 0.534. The van der Waals surface area contributed by atoms with E-state index in [1.54, 1.807) is 0 Å². The Hall–Kier alpha value is 1.19. The smallest absolute Gasteiger partial charge is 0.445 e. The third-order valence-corrected chi connectivity index (χ3v) is 1.82. The van der Waals surface area contributed by atoms with Crippen LogP contribution in [-0.4, -0.2) is 18.2 Å². The first-order valence-electron chi connectivity index (χ1n) is 3.60. The zero-order valence-corrected chi connectivity index (χ0v) is 10.1. The molecule has 1 rings (SSSR count). The van der Waals surface area contributed by atoms with Crippen LogP contribution in [0, 0.1) is 0 Å². The minimum Gasteiger partial charge on any atom is -0.445 e. The van der Waals surface area contributed by atoms with Gasteiger partial charge in [-0.25, -0.2) is 0 Å². The predicted octanol–water partition coefficient (Wildman–Crippen LogP) is -1.15. The van der Waals surface area contributed by atoms with Gasteiger partial charge >= 0.3 is 58.4 Å². The number of halogens is 3. The number of hydrogen-bond acceptors (Lipinski definition) is 1. The Balaban J connectivity index is 0.00000121. The summed E-state index contributed by atoms with van der Waals surface area (Å²) in [6.07, 6.45) is 1.16. The van der Waals surface area contributed by atoms with Crippen LogP contribution in [0.4, 0.5) is 12.9 Å². The molecule has 12 heavy (non-hydrogen) atoms. The third-order valence-electron chi connectivity index (χ3n) is 1.82. The van der Waals surface area contributed by atoms with Gasteiger partial charge in [0, 0.05) is 6.10 Å². The molecule has 0 saturated carbocycles. The molecule has 0 aromatic heterocycles. The Morgan fingerprint density at radius 3 is 2.33 bits per heavy atom. The molecule has 0 heterocycles. The van der Waals surface area contributed by atoms with Crippen molar-refractivity contribution in [3.05, 3.63) is 11.5 Å². The summed E-state index contributed by atoms with van der Waals surface area (Å²) in [5.41, 5.74) is -0.712. The molecule has 0 fully saturated rings. The second-order valence-corrected chi connectivity index (χ2v) is 2.73.